The molecule has 0 radical (unpaired) electrons. The van der Waals surface area contributed by atoms with Gasteiger partial charge < -0.3 is 15.3 Å². The van der Waals surface area contributed by atoms with E-state index >= 15 is 0 Å². The van der Waals surface area contributed by atoms with Crippen molar-refractivity contribution in [2.75, 3.05) is 18.4 Å². The van der Waals surface area contributed by atoms with E-state index in [1.807, 2.05) is 4.90 Å². The molecule has 22 heavy (non-hydrogen) atoms. The number of hydrogen-bond donors (Lipinski definition) is 3. The highest BCUT2D eigenvalue weighted by atomic mass is 31.0. The summed E-state index contributed by atoms with van der Waals surface area (Å²) in [4.78, 5) is 18.4. The normalized spacial score (nSPS) is 16.0. The van der Waals surface area contributed by atoms with E-state index in [4.69, 9.17) is 0 Å². The molecule has 6 nitrogen and oxygen atoms in total. The zero-order valence-corrected chi connectivity index (χ0v) is 13.3. The van der Waals surface area contributed by atoms with E-state index in [0.717, 1.165) is 36.8 Å². The van der Waals surface area contributed by atoms with Gasteiger partial charge in [0, 0.05) is 30.7 Å². The number of carbonyl (C=O) groups excluding carboxylic acids is 1. The fourth-order valence-electron chi connectivity index (χ4n) is 2.69. The Balaban J connectivity index is 1.76. The molecule has 0 bridgehead atoms. The summed E-state index contributed by atoms with van der Waals surface area (Å²) < 4.78 is 0. The van der Waals surface area contributed by atoms with Crippen molar-refractivity contribution in [2.45, 2.75) is 18.9 Å². The molecule has 2 aromatic rings. The highest BCUT2D eigenvalue weighted by Crippen LogP contribution is 2.25. The van der Waals surface area contributed by atoms with Crippen LogP contribution >= 0.6 is 9.39 Å². The zero-order valence-electron chi connectivity index (χ0n) is 12.1. The smallest absolute Gasteiger partial charge is 0.321 e. The molecule has 3 rings (SSSR count). The molecule has 1 fully saturated rings. The van der Waals surface area contributed by atoms with Gasteiger partial charge in [0.15, 0.2) is 0 Å². The number of piperidine rings is 1. The van der Waals surface area contributed by atoms with Gasteiger partial charge in [0.05, 0.1) is 11.2 Å². The molecule has 0 spiro atoms. The Morgan fingerprint density at radius 1 is 1.32 bits per heavy atom. The number of benzene rings is 1. The van der Waals surface area contributed by atoms with Crippen LogP contribution in [0.1, 0.15) is 12.8 Å². The van der Waals surface area contributed by atoms with Gasteiger partial charge in [-0.2, -0.15) is 0 Å². The van der Waals surface area contributed by atoms with E-state index in [2.05, 4.69) is 24.8 Å². The highest BCUT2D eigenvalue weighted by Gasteiger charge is 2.22. The van der Waals surface area contributed by atoms with Crippen LogP contribution in [0.5, 0.6) is 5.75 Å². The summed E-state index contributed by atoms with van der Waals surface area (Å²) in [6, 6.07) is 7.02. The van der Waals surface area contributed by atoms with Crippen LogP contribution in [0.4, 0.5) is 10.5 Å². The highest BCUT2D eigenvalue weighted by molar-refractivity contribution is 7.13. The number of likely N-dealkylation sites (tertiary alicyclic amines) is 1. The number of carbonyl (C=O) groups is 1. The van der Waals surface area contributed by atoms with Gasteiger partial charge in [0.25, 0.3) is 0 Å². The minimum Gasteiger partial charge on any atom is -0.508 e. The number of pyridine rings is 1. The lowest BCUT2D eigenvalue weighted by molar-refractivity contribution is 0.193. The SMILES string of the molecule is O=C(Nc1ccnc2ccc(O)cc12)N1CCC(NP)CC1. The lowest BCUT2D eigenvalue weighted by atomic mass is 10.1. The van der Waals surface area contributed by atoms with Crippen molar-refractivity contribution in [2.24, 2.45) is 0 Å². The number of rotatable bonds is 2. The predicted molar refractivity (Wildman–Crippen MR) is 89.9 cm³/mol. The lowest BCUT2D eigenvalue weighted by Crippen LogP contribution is -2.44. The third-order valence-electron chi connectivity index (χ3n) is 3.98. The molecule has 2 amide bonds. The van der Waals surface area contributed by atoms with E-state index in [1.54, 1.807) is 30.5 Å². The molecule has 3 N–H and O–H groups in total. The number of amides is 2. The molecular weight excluding hydrogens is 299 g/mol. The summed E-state index contributed by atoms with van der Waals surface area (Å²) >= 11 is 0. The van der Waals surface area contributed by atoms with Gasteiger partial charge >= 0.3 is 6.03 Å². The lowest BCUT2D eigenvalue weighted by Gasteiger charge is -2.31. The van der Waals surface area contributed by atoms with Gasteiger partial charge in [0.2, 0.25) is 0 Å². The molecule has 1 aliphatic heterocycles. The molecule has 116 valence electrons. The van der Waals surface area contributed by atoms with Gasteiger partial charge in [-0.15, -0.1) is 0 Å². The van der Waals surface area contributed by atoms with E-state index in [-0.39, 0.29) is 11.8 Å². The molecular formula is C15H19N4O2P. The van der Waals surface area contributed by atoms with Gasteiger partial charge in [-0.3, -0.25) is 10.1 Å². The second-order valence-corrected chi connectivity index (χ2v) is 5.75. The van der Waals surface area contributed by atoms with Gasteiger partial charge in [0.1, 0.15) is 5.75 Å². The Labute approximate surface area is 131 Å². The van der Waals surface area contributed by atoms with Crippen LogP contribution in [0.15, 0.2) is 30.5 Å². The summed E-state index contributed by atoms with van der Waals surface area (Å²) in [5.41, 5.74) is 1.40. The Morgan fingerprint density at radius 2 is 2.09 bits per heavy atom. The Morgan fingerprint density at radius 3 is 2.82 bits per heavy atom. The average molecular weight is 318 g/mol. The number of aromatic hydroxyl groups is 1. The first-order chi connectivity index (χ1) is 10.7. The van der Waals surface area contributed by atoms with Crippen LogP contribution < -0.4 is 10.4 Å². The minimum atomic E-state index is -0.113. The monoisotopic (exact) mass is 318 g/mol. The first kappa shape index (κ1) is 15.0. The third-order valence-corrected chi connectivity index (χ3v) is 4.46. The average Bonchev–Trinajstić information content (AvgIpc) is 2.55. The maximum atomic E-state index is 12.4. The first-order valence-electron chi connectivity index (χ1n) is 7.27. The third kappa shape index (κ3) is 3.13. The maximum absolute atomic E-state index is 12.4. The van der Waals surface area contributed by atoms with E-state index in [1.165, 1.54) is 0 Å². The number of aromatic nitrogens is 1. The topological polar surface area (TPSA) is 77.5 Å². The molecule has 0 aliphatic carbocycles. The number of hydrogen-bond acceptors (Lipinski definition) is 4. The van der Waals surface area contributed by atoms with Crippen molar-refractivity contribution in [3.8, 4) is 5.75 Å². The maximum Gasteiger partial charge on any atom is 0.321 e. The van der Waals surface area contributed by atoms with Crippen LogP contribution in [0.25, 0.3) is 10.9 Å². The van der Waals surface area contributed by atoms with E-state index in [9.17, 15) is 9.90 Å². The largest absolute Gasteiger partial charge is 0.508 e. The summed E-state index contributed by atoms with van der Waals surface area (Å²) in [7, 11) is 2.53. The summed E-state index contributed by atoms with van der Waals surface area (Å²) in [6.07, 6.45) is 3.53. The van der Waals surface area contributed by atoms with Crippen molar-refractivity contribution >= 4 is 32.0 Å². The summed E-state index contributed by atoms with van der Waals surface area (Å²) in [6.45, 7) is 1.46. The van der Waals surface area contributed by atoms with Crippen molar-refractivity contribution in [1.29, 1.82) is 0 Å². The van der Waals surface area contributed by atoms with Gasteiger partial charge in [-0.1, -0.05) is 9.39 Å². The van der Waals surface area contributed by atoms with Gasteiger partial charge in [-0.25, -0.2) is 4.79 Å². The number of fused-ring (bicyclic) bond motifs is 1. The number of nitrogens with one attached hydrogen (secondary N) is 2. The minimum absolute atomic E-state index is 0.113. The van der Waals surface area contributed by atoms with E-state index < -0.39 is 0 Å². The van der Waals surface area contributed by atoms with Crippen LogP contribution in [-0.4, -0.2) is 40.2 Å². The van der Waals surface area contributed by atoms with E-state index in [0.29, 0.717) is 11.7 Å². The predicted octanol–water partition coefficient (Wildman–Crippen LogP) is 2.32. The number of anilines is 1. The molecule has 1 saturated heterocycles. The molecule has 1 aromatic carbocycles. The van der Waals surface area contributed by atoms with Crippen molar-refractivity contribution in [1.82, 2.24) is 15.0 Å². The Hall–Kier alpha value is -1.91. The summed E-state index contributed by atoms with van der Waals surface area (Å²) in [5.74, 6) is 0.156. The molecule has 7 heteroatoms. The molecule has 1 unspecified atom stereocenters. The van der Waals surface area contributed by atoms with Crippen molar-refractivity contribution in [3.63, 3.8) is 0 Å². The van der Waals surface area contributed by atoms with Crippen LogP contribution in [-0.2, 0) is 0 Å². The Kier molecular flexibility index (Phi) is 4.41. The molecule has 1 aliphatic rings. The number of phenols is 1. The first-order valence-corrected chi connectivity index (χ1v) is 7.85. The fourth-order valence-corrected chi connectivity index (χ4v) is 3.02. The number of phenolic OH excluding ortho intramolecular Hbond substituents is 1. The molecule has 1 atom stereocenters. The van der Waals surface area contributed by atoms with Crippen molar-refractivity contribution < 1.29 is 9.90 Å². The fraction of sp³-hybridized carbons (Fsp3) is 0.333. The Bertz CT molecular complexity index is 686. The van der Waals surface area contributed by atoms with Crippen molar-refractivity contribution in [3.05, 3.63) is 30.5 Å². The number of urea groups is 1. The number of nitrogens with zero attached hydrogens (tertiary/aromatic N) is 2. The van der Waals surface area contributed by atoms with Gasteiger partial charge in [-0.05, 0) is 37.1 Å². The zero-order chi connectivity index (χ0) is 15.5. The standard InChI is InChI=1S/C15H19N4O2P/c20-11-1-2-13-12(9-11)14(3-6-16-13)17-15(21)19-7-4-10(18-22)5-8-19/h1-3,6,9-10,18,20H,4-5,7-8,22H2,(H,16,17,21). The second kappa shape index (κ2) is 6.46. The molecule has 2 heterocycles. The van der Waals surface area contributed by atoms with Crippen LogP contribution in [0.2, 0.25) is 0 Å². The second-order valence-electron chi connectivity index (χ2n) is 5.42. The molecule has 1 aromatic heterocycles. The quantitative estimate of drug-likeness (QED) is 0.743. The van der Waals surface area contributed by atoms with Crippen LogP contribution in [0, 0.1) is 0 Å². The van der Waals surface area contributed by atoms with Crippen LogP contribution in [0.3, 0.4) is 0 Å². The summed E-state index contributed by atoms with van der Waals surface area (Å²) in [5, 5.41) is 16.5. The molecule has 0 saturated carbocycles.